The van der Waals surface area contributed by atoms with Crippen LogP contribution in [0.2, 0.25) is 0 Å². The van der Waals surface area contributed by atoms with Crippen molar-refractivity contribution in [3.63, 3.8) is 0 Å². The van der Waals surface area contributed by atoms with Gasteiger partial charge in [0.05, 0.1) is 0 Å². The summed E-state index contributed by atoms with van der Waals surface area (Å²) in [7, 11) is 0. The zero-order valence-corrected chi connectivity index (χ0v) is 16.7. The van der Waals surface area contributed by atoms with Gasteiger partial charge in [-0.25, -0.2) is 0 Å². The van der Waals surface area contributed by atoms with Crippen LogP contribution in [-0.2, 0) is 13.1 Å². The molecule has 2 heterocycles. The number of hydrogen-bond acceptors (Lipinski definition) is 2. The van der Waals surface area contributed by atoms with Crippen LogP contribution in [0.4, 0.5) is 0 Å². The minimum absolute atomic E-state index is 0.766. The molecule has 136 valence electrons. The fourth-order valence-corrected chi connectivity index (χ4v) is 4.62. The molecular weight excluding hydrogens is 348 g/mol. The molecule has 3 heteroatoms. The Balaban J connectivity index is 1.78. The van der Waals surface area contributed by atoms with Gasteiger partial charge in [0.25, 0.3) is 0 Å². The van der Waals surface area contributed by atoms with E-state index >= 15 is 0 Å². The number of rotatable bonds is 6. The summed E-state index contributed by atoms with van der Waals surface area (Å²) in [5.74, 6) is 2.67. The maximum Gasteiger partial charge on any atom is 0.0497 e. The molecule has 0 radical (unpaired) electrons. The van der Waals surface area contributed by atoms with Gasteiger partial charge in [0.15, 0.2) is 0 Å². The monoisotopic (exact) mass is 372 g/mol. The number of aromatic nitrogens is 1. The molecule has 0 spiro atoms. The van der Waals surface area contributed by atoms with E-state index in [-0.39, 0.29) is 0 Å². The van der Waals surface area contributed by atoms with Gasteiger partial charge in [0.2, 0.25) is 0 Å². The first kappa shape index (κ1) is 17.9. The summed E-state index contributed by atoms with van der Waals surface area (Å²) in [4.78, 5) is 1.33. The van der Waals surface area contributed by atoms with Crippen LogP contribution in [0.3, 0.4) is 0 Å². The fraction of sp³-hybridized carbons (Fsp3) is 0.250. The Morgan fingerprint density at radius 3 is 2.70 bits per heavy atom. The van der Waals surface area contributed by atoms with E-state index in [0.29, 0.717) is 0 Å². The molecule has 4 rings (SSSR count). The first-order valence-electron chi connectivity index (χ1n) is 9.46. The van der Waals surface area contributed by atoms with Crippen molar-refractivity contribution >= 4 is 33.1 Å². The first-order chi connectivity index (χ1) is 13.2. The van der Waals surface area contributed by atoms with Crippen LogP contribution in [0.1, 0.15) is 24.5 Å². The molecule has 27 heavy (non-hydrogen) atoms. The maximum absolute atomic E-state index is 5.33. The predicted molar refractivity (Wildman–Crippen MR) is 118 cm³/mol. The lowest BCUT2D eigenvalue weighted by Gasteiger charge is -2.06. The number of thiophene rings is 1. The minimum Gasteiger partial charge on any atom is -0.341 e. The van der Waals surface area contributed by atoms with Crippen molar-refractivity contribution in [2.24, 2.45) is 0 Å². The molecule has 0 saturated heterocycles. The van der Waals surface area contributed by atoms with E-state index < -0.39 is 0 Å². The van der Waals surface area contributed by atoms with E-state index in [9.17, 15) is 0 Å². The summed E-state index contributed by atoms with van der Waals surface area (Å²) in [5, 5.41) is 8.30. The predicted octanol–water partition coefficient (Wildman–Crippen LogP) is 5.96. The van der Waals surface area contributed by atoms with Crippen molar-refractivity contribution in [3.8, 4) is 22.8 Å². The lowest BCUT2D eigenvalue weighted by Crippen LogP contribution is -2.13. The number of hydrogen-bond donors (Lipinski definition) is 1. The Bertz CT molecular complexity index is 1140. The van der Waals surface area contributed by atoms with Crippen LogP contribution < -0.4 is 5.32 Å². The maximum atomic E-state index is 5.33. The van der Waals surface area contributed by atoms with Gasteiger partial charge >= 0.3 is 0 Å². The number of terminal acetylenes is 1. The lowest BCUT2D eigenvalue weighted by molar-refractivity contribution is 0.702. The highest BCUT2D eigenvalue weighted by Crippen LogP contribution is 2.34. The van der Waals surface area contributed by atoms with Crippen LogP contribution in [0.25, 0.3) is 32.2 Å². The molecule has 2 aromatic heterocycles. The third-order valence-corrected chi connectivity index (χ3v) is 6.13. The van der Waals surface area contributed by atoms with E-state index in [0.717, 1.165) is 26.1 Å². The molecule has 4 aromatic rings. The Morgan fingerprint density at radius 1 is 1.07 bits per heavy atom. The van der Waals surface area contributed by atoms with Crippen molar-refractivity contribution in [1.29, 1.82) is 0 Å². The normalized spacial score (nSPS) is 11.3. The molecule has 0 atom stereocenters. The Hall–Kier alpha value is -2.54. The molecule has 0 amide bonds. The Kier molecular flexibility index (Phi) is 5.03. The molecule has 0 saturated carbocycles. The average molecular weight is 373 g/mol. The first-order valence-corrected chi connectivity index (χ1v) is 10.3. The number of nitrogens with zero attached hydrogens (tertiary/aromatic N) is 1. The van der Waals surface area contributed by atoms with E-state index in [4.69, 9.17) is 6.42 Å². The third kappa shape index (κ3) is 3.39. The van der Waals surface area contributed by atoms with Crippen molar-refractivity contribution in [2.45, 2.75) is 33.4 Å². The molecular formula is C24H24N2S. The van der Waals surface area contributed by atoms with Crippen molar-refractivity contribution < 1.29 is 0 Å². The Morgan fingerprint density at radius 2 is 1.96 bits per heavy atom. The van der Waals surface area contributed by atoms with Gasteiger partial charge in [0, 0.05) is 52.7 Å². The standard InChI is InChI=1S/C24H24N2S/c1-4-6-11-25-15-18-7-10-22-21(13-18)20-9-8-19(14-23(20)26(22)5-2)24-12-17(3)16-27-24/h1,7-10,12-14,16,25H,5-6,11,15H2,2-3H3. The third-order valence-electron chi connectivity index (χ3n) is 5.04. The highest BCUT2D eigenvalue weighted by molar-refractivity contribution is 7.13. The second-order valence-corrected chi connectivity index (χ2v) is 7.86. The molecule has 0 aliphatic carbocycles. The fourth-order valence-electron chi connectivity index (χ4n) is 3.73. The number of nitrogens with one attached hydrogen (secondary N) is 1. The summed E-state index contributed by atoms with van der Waals surface area (Å²) in [6.07, 6.45) is 6.09. The molecule has 0 unspecified atom stereocenters. The summed E-state index contributed by atoms with van der Waals surface area (Å²) in [6, 6.07) is 15.9. The largest absolute Gasteiger partial charge is 0.341 e. The zero-order valence-electron chi connectivity index (χ0n) is 15.9. The number of aryl methyl sites for hydroxylation is 2. The smallest absolute Gasteiger partial charge is 0.0497 e. The molecule has 0 aliphatic heterocycles. The van der Waals surface area contributed by atoms with Gasteiger partial charge in [-0.1, -0.05) is 18.2 Å². The van der Waals surface area contributed by atoms with Crippen LogP contribution in [0, 0.1) is 19.3 Å². The topological polar surface area (TPSA) is 17.0 Å². The van der Waals surface area contributed by atoms with Gasteiger partial charge in [-0.15, -0.1) is 23.7 Å². The SMILES string of the molecule is C#CCCNCc1ccc2c(c1)c1ccc(-c3cc(C)cs3)cc1n2CC. The molecule has 1 N–H and O–H groups in total. The van der Waals surface area contributed by atoms with Gasteiger partial charge in [-0.3, -0.25) is 0 Å². The number of benzene rings is 2. The van der Waals surface area contributed by atoms with E-state index in [1.54, 1.807) is 0 Å². The van der Waals surface area contributed by atoms with Crippen LogP contribution in [0.5, 0.6) is 0 Å². The molecule has 0 fully saturated rings. The van der Waals surface area contributed by atoms with Gasteiger partial charge in [-0.05, 0) is 60.2 Å². The average Bonchev–Trinajstić information content (AvgIpc) is 3.25. The van der Waals surface area contributed by atoms with E-state index in [1.807, 2.05) is 11.3 Å². The zero-order chi connectivity index (χ0) is 18.8. The second-order valence-electron chi connectivity index (χ2n) is 6.95. The molecule has 2 nitrogen and oxygen atoms in total. The summed E-state index contributed by atoms with van der Waals surface area (Å²) < 4.78 is 2.42. The molecule has 0 aliphatic rings. The van der Waals surface area contributed by atoms with E-state index in [1.165, 1.54) is 43.4 Å². The van der Waals surface area contributed by atoms with Gasteiger partial charge in [-0.2, -0.15) is 0 Å². The van der Waals surface area contributed by atoms with Crippen LogP contribution in [-0.4, -0.2) is 11.1 Å². The summed E-state index contributed by atoms with van der Waals surface area (Å²) >= 11 is 1.82. The van der Waals surface area contributed by atoms with Crippen molar-refractivity contribution in [1.82, 2.24) is 9.88 Å². The lowest BCUT2D eigenvalue weighted by atomic mass is 10.1. The van der Waals surface area contributed by atoms with E-state index in [2.05, 4.69) is 77.5 Å². The second kappa shape index (κ2) is 7.60. The van der Waals surface area contributed by atoms with Gasteiger partial charge < -0.3 is 9.88 Å². The quantitative estimate of drug-likeness (QED) is 0.326. The Labute approximate surface area is 164 Å². The molecule has 2 aromatic carbocycles. The van der Waals surface area contributed by atoms with Crippen LogP contribution in [0.15, 0.2) is 47.8 Å². The summed E-state index contributed by atoms with van der Waals surface area (Å²) in [5.41, 5.74) is 6.54. The molecule has 0 bridgehead atoms. The highest BCUT2D eigenvalue weighted by Gasteiger charge is 2.12. The van der Waals surface area contributed by atoms with Crippen molar-refractivity contribution in [2.75, 3.05) is 6.54 Å². The number of fused-ring (bicyclic) bond motifs is 3. The van der Waals surface area contributed by atoms with Crippen molar-refractivity contribution in [3.05, 3.63) is 59.0 Å². The minimum atomic E-state index is 0.766. The van der Waals surface area contributed by atoms with Crippen LogP contribution >= 0.6 is 11.3 Å². The highest BCUT2D eigenvalue weighted by atomic mass is 32.1. The summed E-state index contributed by atoms with van der Waals surface area (Å²) in [6.45, 7) is 7.04. The van der Waals surface area contributed by atoms with Gasteiger partial charge in [0.1, 0.15) is 0 Å².